The number of hydrogen-bond donors (Lipinski definition) is 0. The third kappa shape index (κ3) is 5.63. The first-order valence-electron chi connectivity index (χ1n) is 9.50. The van der Waals surface area contributed by atoms with Crippen LogP contribution in [0.4, 0.5) is 0 Å². The van der Waals surface area contributed by atoms with E-state index in [9.17, 15) is 18.0 Å². The minimum Gasteiger partial charge on any atom is -0.462 e. The van der Waals surface area contributed by atoms with Gasteiger partial charge >= 0.3 is 5.97 Å². The molecule has 0 fully saturated rings. The molecule has 0 bridgehead atoms. The Labute approximate surface area is 188 Å². The lowest BCUT2D eigenvalue weighted by atomic mass is 10.2. The lowest BCUT2D eigenvalue weighted by Crippen LogP contribution is -2.21. The van der Waals surface area contributed by atoms with Gasteiger partial charge in [0.25, 0.3) is 5.91 Å². The van der Waals surface area contributed by atoms with Crippen LogP contribution >= 0.6 is 23.1 Å². The molecule has 0 radical (unpaired) electrons. The monoisotopic (exact) mass is 478 g/mol. The summed E-state index contributed by atoms with van der Waals surface area (Å²) in [6, 6.07) is 13.0. The van der Waals surface area contributed by atoms with E-state index in [0.29, 0.717) is 16.9 Å². The number of fused-ring (bicyclic) bond motifs is 1. The van der Waals surface area contributed by atoms with Crippen LogP contribution < -0.4 is 4.80 Å². The number of thioether (sulfide) groups is 1. The molecular formula is C21H22N2O5S3. The van der Waals surface area contributed by atoms with Gasteiger partial charge < -0.3 is 9.30 Å². The summed E-state index contributed by atoms with van der Waals surface area (Å²) in [6.45, 7) is 2.61. The molecule has 31 heavy (non-hydrogen) atoms. The molecule has 0 atom stereocenters. The van der Waals surface area contributed by atoms with Gasteiger partial charge in [-0.2, -0.15) is 16.8 Å². The quantitative estimate of drug-likeness (QED) is 0.462. The highest BCUT2D eigenvalue weighted by Crippen LogP contribution is 2.20. The molecule has 3 rings (SSSR count). The van der Waals surface area contributed by atoms with Crippen LogP contribution in [0.15, 0.2) is 58.4 Å². The maximum absolute atomic E-state index is 12.5. The number of nitrogens with zero attached hydrogens (tertiary/aromatic N) is 2. The van der Waals surface area contributed by atoms with Gasteiger partial charge in [0.2, 0.25) is 0 Å². The van der Waals surface area contributed by atoms with E-state index in [4.69, 9.17) is 4.74 Å². The number of aromatic nitrogens is 1. The maximum Gasteiger partial charge on any atom is 0.338 e. The van der Waals surface area contributed by atoms with E-state index < -0.39 is 27.5 Å². The van der Waals surface area contributed by atoms with Crippen molar-refractivity contribution in [2.45, 2.75) is 18.4 Å². The lowest BCUT2D eigenvalue weighted by Gasteiger charge is -2.05. The van der Waals surface area contributed by atoms with Crippen molar-refractivity contribution in [3.63, 3.8) is 0 Å². The standard InChI is InChI=1S/C21H22N2O5S3/c1-3-28-20(25)15-9-10-17-18(13-15)30-21(23(17)11-12-29-2)22-19(24)14-31(26,27)16-7-5-4-6-8-16/h4-10,13H,3,11-12,14H2,1-2H3. The van der Waals surface area contributed by atoms with E-state index in [-0.39, 0.29) is 11.5 Å². The van der Waals surface area contributed by atoms with Gasteiger partial charge in [-0.25, -0.2) is 13.2 Å². The highest BCUT2D eigenvalue weighted by molar-refractivity contribution is 7.98. The summed E-state index contributed by atoms with van der Waals surface area (Å²) in [5, 5.41) is 0. The molecule has 0 aliphatic rings. The average molecular weight is 479 g/mol. The third-order valence-corrected chi connectivity index (χ3v) is 7.60. The van der Waals surface area contributed by atoms with Gasteiger partial charge in [-0.05, 0) is 43.5 Å². The number of ether oxygens (including phenoxy) is 1. The zero-order valence-electron chi connectivity index (χ0n) is 17.1. The van der Waals surface area contributed by atoms with E-state index >= 15 is 0 Å². The first-order chi connectivity index (χ1) is 14.9. The van der Waals surface area contributed by atoms with Crippen LogP contribution in [0.2, 0.25) is 0 Å². The van der Waals surface area contributed by atoms with E-state index in [1.165, 1.54) is 23.5 Å². The second-order valence-corrected chi connectivity index (χ2v) is 10.5. The van der Waals surface area contributed by atoms with Gasteiger partial charge in [0, 0.05) is 12.3 Å². The summed E-state index contributed by atoms with van der Waals surface area (Å²) < 4.78 is 32.7. The topological polar surface area (TPSA) is 94.8 Å². The van der Waals surface area contributed by atoms with Crippen molar-refractivity contribution < 1.29 is 22.7 Å². The molecule has 0 aliphatic carbocycles. The molecule has 0 aliphatic heterocycles. The summed E-state index contributed by atoms with van der Waals surface area (Å²) in [4.78, 5) is 29.2. The smallest absolute Gasteiger partial charge is 0.338 e. The number of aryl methyl sites for hydroxylation is 1. The Morgan fingerprint density at radius 3 is 2.58 bits per heavy atom. The minimum atomic E-state index is -3.78. The first-order valence-corrected chi connectivity index (χ1v) is 13.4. The van der Waals surface area contributed by atoms with Crippen molar-refractivity contribution in [2.24, 2.45) is 4.99 Å². The zero-order chi connectivity index (χ0) is 22.4. The SMILES string of the molecule is CCOC(=O)c1ccc2c(c1)sc(=NC(=O)CS(=O)(=O)c1ccccc1)n2CCSC. The summed E-state index contributed by atoms with van der Waals surface area (Å²) in [5.41, 5.74) is 1.24. The van der Waals surface area contributed by atoms with Gasteiger partial charge in [0.1, 0.15) is 5.75 Å². The summed E-state index contributed by atoms with van der Waals surface area (Å²) >= 11 is 2.88. The Hall–Kier alpha value is -2.43. The Morgan fingerprint density at radius 2 is 1.90 bits per heavy atom. The average Bonchev–Trinajstić information content (AvgIpc) is 3.08. The van der Waals surface area contributed by atoms with E-state index in [2.05, 4.69) is 4.99 Å². The molecule has 10 heteroatoms. The van der Waals surface area contributed by atoms with E-state index in [1.54, 1.807) is 55.1 Å². The predicted molar refractivity (Wildman–Crippen MR) is 123 cm³/mol. The zero-order valence-corrected chi connectivity index (χ0v) is 19.6. The van der Waals surface area contributed by atoms with Crippen LogP contribution in [-0.4, -0.2) is 49.2 Å². The van der Waals surface area contributed by atoms with Crippen LogP contribution in [0, 0.1) is 0 Å². The van der Waals surface area contributed by atoms with Crippen molar-refractivity contribution in [1.82, 2.24) is 4.57 Å². The van der Waals surface area contributed by atoms with Gasteiger partial charge in [-0.3, -0.25) is 4.79 Å². The summed E-state index contributed by atoms with van der Waals surface area (Å²) in [5.74, 6) is -1.08. The molecule has 164 valence electrons. The number of benzene rings is 2. The normalized spacial score (nSPS) is 12.3. The molecule has 0 unspecified atom stereocenters. The highest BCUT2D eigenvalue weighted by Gasteiger charge is 2.19. The fraction of sp³-hybridized carbons (Fsp3) is 0.286. The molecule has 7 nitrogen and oxygen atoms in total. The Bertz CT molecular complexity index is 1260. The second-order valence-electron chi connectivity index (χ2n) is 6.51. The minimum absolute atomic E-state index is 0.0872. The number of amides is 1. The van der Waals surface area contributed by atoms with Crippen molar-refractivity contribution >= 4 is 55.0 Å². The molecule has 1 heterocycles. The molecular weight excluding hydrogens is 456 g/mol. The van der Waals surface area contributed by atoms with Crippen molar-refractivity contribution in [3.05, 3.63) is 58.9 Å². The maximum atomic E-state index is 12.5. The van der Waals surface area contributed by atoms with E-state index in [1.807, 2.05) is 10.8 Å². The fourth-order valence-electron chi connectivity index (χ4n) is 2.91. The number of rotatable bonds is 8. The third-order valence-electron chi connectivity index (χ3n) is 4.35. The lowest BCUT2D eigenvalue weighted by molar-refractivity contribution is -0.115. The van der Waals surface area contributed by atoms with E-state index in [0.717, 1.165) is 16.0 Å². The predicted octanol–water partition coefficient (Wildman–Crippen LogP) is 3.14. The van der Waals surface area contributed by atoms with Gasteiger partial charge in [0.15, 0.2) is 14.6 Å². The van der Waals surface area contributed by atoms with Crippen LogP contribution in [-0.2, 0) is 25.9 Å². The number of thiazole rings is 1. The Kier molecular flexibility index (Phi) is 7.69. The van der Waals surface area contributed by atoms with Crippen LogP contribution in [0.3, 0.4) is 0 Å². The first kappa shape index (κ1) is 23.2. The van der Waals surface area contributed by atoms with Crippen molar-refractivity contribution in [2.75, 3.05) is 24.4 Å². The highest BCUT2D eigenvalue weighted by atomic mass is 32.2. The number of carbonyl (C=O) groups is 2. The summed E-state index contributed by atoms with van der Waals surface area (Å²) in [7, 11) is -3.78. The second kappa shape index (κ2) is 10.3. The molecule has 0 saturated heterocycles. The van der Waals surface area contributed by atoms with Gasteiger partial charge in [-0.1, -0.05) is 29.5 Å². The van der Waals surface area contributed by atoms with Crippen LogP contribution in [0.1, 0.15) is 17.3 Å². The molecule has 0 saturated carbocycles. The molecule has 0 spiro atoms. The summed E-state index contributed by atoms with van der Waals surface area (Å²) in [6.07, 6.45) is 1.97. The Balaban J connectivity index is 1.99. The van der Waals surface area contributed by atoms with Crippen LogP contribution in [0.5, 0.6) is 0 Å². The molecule has 1 aromatic heterocycles. The molecule has 0 N–H and O–H groups in total. The molecule has 2 aromatic carbocycles. The number of sulfone groups is 1. The fourth-order valence-corrected chi connectivity index (χ4v) is 5.52. The van der Waals surface area contributed by atoms with Gasteiger partial charge in [0.05, 0.1) is 27.3 Å². The number of carbonyl (C=O) groups excluding carboxylic acids is 2. The molecule has 3 aromatic rings. The largest absolute Gasteiger partial charge is 0.462 e. The number of hydrogen-bond acceptors (Lipinski definition) is 7. The molecule has 1 amide bonds. The number of esters is 1. The van der Waals surface area contributed by atoms with Crippen molar-refractivity contribution in [1.29, 1.82) is 0 Å². The van der Waals surface area contributed by atoms with Crippen molar-refractivity contribution in [3.8, 4) is 0 Å². The van der Waals surface area contributed by atoms with Crippen LogP contribution in [0.25, 0.3) is 10.2 Å². The van der Waals surface area contributed by atoms with Gasteiger partial charge in [-0.15, -0.1) is 0 Å². The Morgan fingerprint density at radius 1 is 1.16 bits per heavy atom.